The Morgan fingerprint density at radius 3 is 1.47 bits per heavy atom. The zero-order valence-electron chi connectivity index (χ0n) is 39.2. The molecule has 9 rings (SSSR count). The summed E-state index contributed by atoms with van der Waals surface area (Å²) in [4.78, 5) is 95.8. The number of fused-ring (bicyclic) bond motifs is 3. The zero-order chi connectivity index (χ0) is 53.7. The summed E-state index contributed by atoms with van der Waals surface area (Å²) in [5.74, 6) is -1.22. The van der Waals surface area contributed by atoms with Gasteiger partial charge in [-0.1, -0.05) is 4.68 Å². The minimum absolute atomic E-state index is 0.000151. The smallest absolute Gasteiger partial charge is 0.494 e. The van der Waals surface area contributed by atoms with Crippen molar-refractivity contribution in [1.82, 2.24) is 69.3 Å². The number of aromatic nitrogens is 15. The molecule has 0 atom stereocenters. The number of nitrogens with one attached hydrogen (secondary N) is 3. The summed E-state index contributed by atoms with van der Waals surface area (Å²) < 4.78 is 30.4. The van der Waals surface area contributed by atoms with Crippen molar-refractivity contribution in [3.8, 4) is 34.7 Å². The van der Waals surface area contributed by atoms with Crippen molar-refractivity contribution >= 4 is 121 Å². The Balaban J connectivity index is 0.000000185. The number of esters is 2. The molecule has 0 radical (unpaired) electrons. The van der Waals surface area contributed by atoms with Gasteiger partial charge >= 0.3 is 34.5 Å². The number of aryl methyl sites for hydroxylation is 3. The Bertz CT molecular complexity index is 3460. The Kier molecular flexibility index (Phi) is 19.5. The van der Waals surface area contributed by atoms with Crippen LogP contribution in [0.2, 0.25) is 0 Å². The fraction of sp³-hybridized carbons (Fsp3) is 0.195. The van der Waals surface area contributed by atoms with Crippen LogP contribution in [0, 0.1) is 13.8 Å². The number of aromatic amines is 3. The highest BCUT2D eigenvalue weighted by molar-refractivity contribution is 7.54. The van der Waals surface area contributed by atoms with Gasteiger partial charge in [-0.3, -0.25) is 14.4 Å². The standard InChI is InChI=1S/C14H13N5O4.C13H11N5O4.C11H12N5O.C3H3ClO3.Al.3ClH/c1-7-17-6-19(18-7)13-11-10(9(22-2)5-16-13)8(4-15-11)12(20)14(21)23-3;1-6-16-5-18(17-6)12-10-9(8(22-2)4-15-12)7(3-14-10)11(19)13(20)21;1-15-5-6-16(14-15)11-10-8(3-4-12-10)9(17-2)7-13-11;1-7-3(6)2(4)5;;;;/h4-6,15H,1-3H3;3-5,14H,1-2H3,(H,20,21);3-7,12H,1-2H3;1H3;;3*1H/q;;+1;;+3;;;/p-3. The lowest BCUT2D eigenvalue weighted by molar-refractivity contribution is -0.731. The molecule has 0 spiro atoms. The van der Waals surface area contributed by atoms with Gasteiger partial charge in [-0.05, 0) is 31.5 Å². The van der Waals surface area contributed by atoms with E-state index in [9.17, 15) is 28.8 Å². The van der Waals surface area contributed by atoms with Crippen molar-refractivity contribution in [2.45, 2.75) is 13.8 Å². The first kappa shape index (κ1) is 55.9. The highest BCUT2D eigenvalue weighted by Gasteiger charge is 2.26. The van der Waals surface area contributed by atoms with E-state index in [-0.39, 0.29) is 11.1 Å². The van der Waals surface area contributed by atoms with Gasteiger partial charge in [0.2, 0.25) is 0 Å². The maximum Gasteiger partial charge on any atom is 0.643 e. The predicted molar refractivity (Wildman–Crippen MR) is 260 cm³/mol. The number of carboxylic acid groups (broad SMARTS) is 1. The second-order valence-corrected chi connectivity index (χ2v) is 20.6. The number of hydrogen-bond acceptors (Lipinski definition) is 19. The molecule has 9 heterocycles. The fourth-order valence-electron chi connectivity index (χ4n) is 6.35. The van der Waals surface area contributed by atoms with E-state index < -0.39 is 46.1 Å². The molecule has 0 aromatic carbocycles. The SMILES string of the molecule is COC(=O)C(=O)Cl.COC(=O)C(=O)c1c[nH]c2c(-n3cnc(C)n3)ncc(OC)c12.COc1cnc(-n2cc[n+](C)n2)c2[nH]ccc12.COc1cnc(-n2cnc(C)n2)c2[nH]cc(C(=O)C(=O)O)c12.[Cl][Al]([Cl])[Cl]. The van der Waals surface area contributed by atoms with Crippen molar-refractivity contribution in [2.24, 2.45) is 7.05 Å². The van der Waals surface area contributed by atoms with Gasteiger partial charge in [-0.2, -0.15) is 10.2 Å². The number of carbonyl (C=O) groups is 6. The number of aliphatic carboxylic acids is 1. The number of rotatable bonds is 11. The van der Waals surface area contributed by atoms with Crippen LogP contribution in [0.3, 0.4) is 0 Å². The molecule has 4 N–H and O–H groups in total. The molecular weight excluding hydrogens is 1060 g/mol. The normalized spacial score (nSPS) is 10.3. The minimum atomic E-state index is -1.72. The molecule has 0 aliphatic heterocycles. The van der Waals surface area contributed by atoms with Gasteiger partial charge in [-0.25, -0.2) is 78.8 Å². The highest BCUT2D eigenvalue weighted by atomic mass is 35.8. The first-order valence-corrected chi connectivity index (χ1v) is 25.8. The number of pyridine rings is 3. The molecule has 0 saturated carbocycles. The number of carboxylic acids is 1. The Morgan fingerprint density at radius 1 is 0.644 bits per heavy atom. The number of H-pyrrole nitrogens is 3. The van der Waals surface area contributed by atoms with Crippen molar-refractivity contribution in [3.05, 3.63) is 91.1 Å². The molecule has 0 aliphatic carbocycles. The van der Waals surface area contributed by atoms with Crippen LogP contribution in [0.25, 0.3) is 50.2 Å². The van der Waals surface area contributed by atoms with E-state index in [1.54, 1.807) is 36.5 Å². The van der Waals surface area contributed by atoms with Crippen LogP contribution in [-0.2, 0) is 35.7 Å². The predicted octanol–water partition coefficient (Wildman–Crippen LogP) is 3.74. The van der Waals surface area contributed by atoms with Crippen molar-refractivity contribution < 1.29 is 62.2 Å². The van der Waals surface area contributed by atoms with Crippen molar-refractivity contribution in [3.63, 3.8) is 0 Å². The zero-order valence-corrected chi connectivity index (χ0v) is 43.4. The summed E-state index contributed by atoms with van der Waals surface area (Å²) >= 11 is 2.89. The summed E-state index contributed by atoms with van der Waals surface area (Å²) in [6.45, 7) is 3.48. The maximum atomic E-state index is 12.2. The van der Waals surface area contributed by atoms with E-state index in [0.29, 0.717) is 56.6 Å². The number of methoxy groups -OCH3 is 5. The van der Waals surface area contributed by atoms with Gasteiger partial charge in [-0.15, -0.1) is 4.68 Å². The summed E-state index contributed by atoms with van der Waals surface area (Å²) in [5.41, 5.74) is 1.99. The van der Waals surface area contributed by atoms with Gasteiger partial charge in [0.1, 0.15) is 54.1 Å². The summed E-state index contributed by atoms with van der Waals surface area (Å²) in [7, 11) is 23.4. The second-order valence-electron chi connectivity index (χ2n) is 13.9. The third-order valence-corrected chi connectivity index (χ3v) is 9.59. The fourth-order valence-corrected chi connectivity index (χ4v) is 6.43. The largest absolute Gasteiger partial charge is 0.643 e. The Labute approximate surface area is 432 Å². The van der Waals surface area contributed by atoms with E-state index in [2.05, 4.69) is 76.4 Å². The van der Waals surface area contributed by atoms with Crippen molar-refractivity contribution in [1.29, 1.82) is 0 Å². The van der Waals surface area contributed by atoms with E-state index in [1.807, 2.05) is 31.7 Å². The molecule has 0 unspecified atom stereocenters. The van der Waals surface area contributed by atoms with E-state index >= 15 is 0 Å². The molecule has 27 nitrogen and oxygen atoms in total. The molecule has 0 fully saturated rings. The van der Waals surface area contributed by atoms with Crippen LogP contribution >= 0.6 is 41.7 Å². The molecule has 0 bridgehead atoms. The number of nitrogens with zero attached hydrogens (tertiary/aromatic N) is 12. The minimum Gasteiger partial charge on any atom is -0.494 e. The molecule has 32 heteroatoms. The molecule has 0 amide bonds. The number of carbonyl (C=O) groups excluding carboxylic acids is 5. The van der Waals surface area contributed by atoms with Crippen LogP contribution in [0.4, 0.5) is 0 Å². The van der Waals surface area contributed by atoms with E-state index in [0.717, 1.165) is 36.7 Å². The average molecular weight is 1100 g/mol. The van der Waals surface area contributed by atoms with Gasteiger partial charge in [0, 0.05) is 24.0 Å². The van der Waals surface area contributed by atoms with Crippen LogP contribution in [0.15, 0.2) is 68.3 Å². The van der Waals surface area contributed by atoms with Gasteiger partial charge in [0.15, 0.2) is 24.0 Å². The lowest BCUT2D eigenvalue weighted by Crippen LogP contribution is -2.30. The summed E-state index contributed by atoms with van der Waals surface area (Å²) in [6.07, 6.45) is 15.9. The quantitative estimate of drug-likeness (QED) is 0.0358. The van der Waals surface area contributed by atoms with Crippen molar-refractivity contribution in [2.75, 3.05) is 35.5 Å². The van der Waals surface area contributed by atoms with Crippen LogP contribution in [-0.4, -0.2) is 156 Å². The molecule has 0 saturated heterocycles. The van der Waals surface area contributed by atoms with Crippen LogP contribution < -0.4 is 18.9 Å². The maximum absolute atomic E-state index is 12.2. The molecule has 0 aliphatic rings. The number of ether oxygens (including phenoxy) is 5. The number of ketones is 2. The third kappa shape index (κ3) is 13.3. The van der Waals surface area contributed by atoms with E-state index in [4.69, 9.17) is 49.5 Å². The van der Waals surface area contributed by atoms with Gasteiger partial charge in [0.25, 0.3) is 17.4 Å². The van der Waals surface area contributed by atoms with E-state index in [1.165, 1.54) is 61.0 Å². The lowest BCUT2D eigenvalue weighted by atomic mass is 10.1. The van der Waals surface area contributed by atoms with Gasteiger partial charge in [0.05, 0.1) is 92.3 Å². The lowest BCUT2D eigenvalue weighted by Gasteiger charge is -2.07. The second kappa shape index (κ2) is 25.4. The highest BCUT2D eigenvalue weighted by Crippen LogP contribution is 2.33. The van der Waals surface area contributed by atoms with Crippen LogP contribution in [0.1, 0.15) is 32.4 Å². The summed E-state index contributed by atoms with van der Waals surface area (Å²) in [6, 6.07) is 1.96. The molecule has 9 aromatic rings. The topological polar surface area (TPSA) is 338 Å². The molecule has 9 aromatic heterocycles. The number of Topliss-reactive ketones (excluding diaryl/α,β-unsaturated/α-hetero) is 2. The Hall–Kier alpha value is -8.00. The summed E-state index contributed by atoms with van der Waals surface area (Å²) in [5, 5.41) is 22.2. The molecule has 380 valence electrons. The monoisotopic (exact) mass is 1100 g/mol. The third-order valence-electron chi connectivity index (χ3n) is 9.43. The average Bonchev–Trinajstić information content (AvgIpc) is 4.26. The first-order valence-electron chi connectivity index (χ1n) is 20.2. The first-order chi connectivity index (χ1) is 34.8. The number of hydrogen-bond donors (Lipinski definition) is 4. The molecular formula is C41H39AlCl4N15O12+. The molecule has 73 heavy (non-hydrogen) atoms. The Morgan fingerprint density at radius 2 is 1.10 bits per heavy atom. The van der Waals surface area contributed by atoms with Crippen LogP contribution in [0.5, 0.6) is 17.2 Å². The number of halogens is 4. The van der Waals surface area contributed by atoms with Gasteiger partial charge < -0.3 is 43.7 Å².